The van der Waals surface area contributed by atoms with E-state index in [2.05, 4.69) is 226 Å². The van der Waals surface area contributed by atoms with Gasteiger partial charge < -0.3 is 9.32 Å². The number of para-hydroxylation sites is 4. The second-order valence-corrected chi connectivity index (χ2v) is 18.0. The molecule has 2 aromatic heterocycles. The van der Waals surface area contributed by atoms with E-state index in [1.54, 1.807) is 0 Å². The number of nitrogens with zero attached hydrogens (tertiary/aromatic N) is 3. The van der Waals surface area contributed by atoms with E-state index in [1.165, 1.54) is 60.8 Å². The Morgan fingerprint density at radius 2 is 0.879 bits per heavy atom. The van der Waals surface area contributed by atoms with Crippen LogP contribution in [0.3, 0.4) is 0 Å². The summed E-state index contributed by atoms with van der Waals surface area (Å²) < 4.78 is 7.39. The molecule has 13 rings (SSSR count). The molecule has 0 amide bonds. The van der Waals surface area contributed by atoms with Gasteiger partial charge in [0.1, 0.15) is 17.0 Å². The van der Waals surface area contributed by atoms with Crippen molar-refractivity contribution in [2.75, 3.05) is 9.80 Å². The molecule has 2 aliphatic rings. The van der Waals surface area contributed by atoms with Crippen LogP contribution in [0.5, 0.6) is 0 Å². The molecule has 0 fully saturated rings. The molecule has 0 N–H and O–H groups in total. The third-order valence-corrected chi connectivity index (χ3v) is 14.4. The number of rotatable bonds is 6. The number of hydrogen-bond donors (Lipinski definition) is 0. The van der Waals surface area contributed by atoms with E-state index in [4.69, 9.17) is 9.40 Å². The molecule has 1 spiro atoms. The van der Waals surface area contributed by atoms with Crippen LogP contribution >= 0.6 is 0 Å². The molecule has 0 radical (unpaired) electrons. The summed E-state index contributed by atoms with van der Waals surface area (Å²) in [5.74, 6) is 0.884. The summed E-state index contributed by atoms with van der Waals surface area (Å²) in [6, 6.07) is 71.2. The van der Waals surface area contributed by atoms with Gasteiger partial charge in [0, 0.05) is 33.9 Å². The third kappa shape index (κ3) is 5.18. The van der Waals surface area contributed by atoms with Crippen molar-refractivity contribution in [3.05, 3.63) is 245 Å². The van der Waals surface area contributed by atoms with Crippen molar-refractivity contribution < 1.29 is 4.42 Å². The highest BCUT2D eigenvalue weighted by atomic mass is 16.3. The standard InChI is InChI=1S/C62H45N3O/c1-38-20-5-15-31-51(38)64(52-32-16-6-21-39(52)2)54-36-49-57(45-27-9-8-26-44(45)54)59-50(62(49)47-29-13-10-24-42(47)43-25-11-14-30-48(43)62)37-55(58-46-28-12-18-34-56(46)66-60(58)59)65(53-33-17-7-22-40(53)3)61-41(4)23-19-35-63-61/h5-37H,1-4H3. The summed E-state index contributed by atoms with van der Waals surface area (Å²) in [6.45, 7) is 8.80. The molecule has 11 aromatic rings. The van der Waals surface area contributed by atoms with E-state index in [0.29, 0.717) is 0 Å². The predicted octanol–water partition coefficient (Wildman–Crippen LogP) is 16.7. The first-order valence-corrected chi connectivity index (χ1v) is 22.9. The van der Waals surface area contributed by atoms with Crippen molar-refractivity contribution in [1.82, 2.24) is 4.98 Å². The topological polar surface area (TPSA) is 32.5 Å². The Hall–Kier alpha value is -8.21. The first-order valence-electron chi connectivity index (χ1n) is 22.9. The lowest BCUT2D eigenvalue weighted by molar-refractivity contribution is 0.669. The van der Waals surface area contributed by atoms with Crippen LogP contribution in [0.1, 0.15) is 44.5 Å². The average molecular weight is 848 g/mol. The monoisotopic (exact) mass is 847 g/mol. The van der Waals surface area contributed by atoms with Crippen LogP contribution < -0.4 is 9.80 Å². The minimum absolute atomic E-state index is 0.724. The van der Waals surface area contributed by atoms with Gasteiger partial charge in [-0.25, -0.2) is 4.98 Å². The van der Waals surface area contributed by atoms with Crippen molar-refractivity contribution in [3.8, 4) is 22.3 Å². The smallest absolute Gasteiger partial charge is 0.145 e. The summed E-state index contributed by atoms with van der Waals surface area (Å²) in [5.41, 5.74) is 21.0. The first-order chi connectivity index (χ1) is 32.4. The van der Waals surface area contributed by atoms with Gasteiger partial charge in [0.15, 0.2) is 0 Å². The maximum atomic E-state index is 7.39. The van der Waals surface area contributed by atoms with Gasteiger partial charge in [0.05, 0.1) is 27.9 Å². The highest BCUT2D eigenvalue weighted by molar-refractivity contribution is 6.23. The molecular formula is C62H45N3O. The normalized spacial score (nSPS) is 13.0. The molecule has 0 unspecified atom stereocenters. The molecule has 0 saturated heterocycles. The SMILES string of the molecule is Cc1ccccc1N(c1ccccc1C)c1cc2c(c3ccccc13)-c1c(cc(N(c3ccccc3C)c3ncccc3C)c3c1oc1ccccc13)C21c2ccccc2-c2ccccc21. The van der Waals surface area contributed by atoms with Gasteiger partial charge in [-0.1, -0.05) is 152 Å². The molecule has 314 valence electrons. The van der Waals surface area contributed by atoms with Crippen molar-refractivity contribution in [1.29, 1.82) is 0 Å². The van der Waals surface area contributed by atoms with E-state index in [1.807, 2.05) is 12.3 Å². The fraction of sp³-hybridized carbons (Fsp3) is 0.0806. The summed E-state index contributed by atoms with van der Waals surface area (Å²) >= 11 is 0. The van der Waals surface area contributed by atoms with Gasteiger partial charge in [-0.2, -0.15) is 0 Å². The number of benzene rings is 9. The van der Waals surface area contributed by atoms with Crippen molar-refractivity contribution >= 4 is 67.0 Å². The van der Waals surface area contributed by atoms with Gasteiger partial charge in [-0.05, 0) is 137 Å². The molecule has 2 heterocycles. The quantitative estimate of drug-likeness (QED) is 0.167. The average Bonchev–Trinajstić information content (AvgIpc) is 3.98. The zero-order valence-corrected chi connectivity index (χ0v) is 37.3. The molecule has 0 bridgehead atoms. The van der Waals surface area contributed by atoms with Crippen molar-refractivity contribution in [2.24, 2.45) is 0 Å². The largest absolute Gasteiger partial charge is 0.455 e. The molecule has 4 heteroatoms. The number of hydrogen-bond acceptors (Lipinski definition) is 4. The Labute approximate surface area is 384 Å². The Morgan fingerprint density at radius 1 is 0.394 bits per heavy atom. The lowest BCUT2D eigenvalue weighted by Crippen LogP contribution is -2.27. The fourth-order valence-electron chi connectivity index (χ4n) is 11.6. The van der Waals surface area contributed by atoms with Gasteiger partial charge in [0.2, 0.25) is 0 Å². The van der Waals surface area contributed by atoms with Crippen LogP contribution in [0.25, 0.3) is 55.0 Å². The van der Waals surface area contributed by atoms with Crippen LogP contribution in [0.15, 0.2) is 205 Å². The van der Waals surface area contributed by atoms with Crippen LogP contribution in [0.2, 0.25) is 0 Å². The summed E-state index contributed by atoms with van der Waals surface area (Å²) in [5, 5.41) is 4.49. The van der Waals surface area contributed by atoms with Crippen LogP contribution in [0, 0.1) is 27.7 Å². The lowest BCUT2D eigenvalue weighted by atomic mass is 9.70. The van der Waals surface area contributed by atoms with E-state index in [9.17, 15) is 0 Å². The lowest BCUT2D eigenvalue weighted by Gasteiger charge is -2.34. The molecule has 4 nitrogen and oxygen atoms in total. The summed E-state index contributed by atoms with van der Waals surface area (Å²) in [6.07, 6.45) is 1.91. The number of fused-ring (bicyclic) bond motifs is 16. The van der Waals surface area contributed by atoms with Crippen LogP contribution in [-0.2, 0) is 5.41 Å². The minimum atomic E-state index is -0.724. The second-order valence-electron chi connectivity index (χ2n) is 18.0. The van der Waals surface area contributed by atoms with Gasteiger partial charge in [0.25, 0.3) is 0 Å². The molecular weight excluding hydrogens is 803 g/mol. The number of anilines is 6. The first kappa shape index (κ1) is 38.3. The molecule has 0 atom stereocenters. The molecule has 0 aliphatic heterocycles. The Bertz CT molecular complexity index is 3670. The highest BCUT2D eigenvalue weighted by Gasteiger charge is 2.54. The van der Waals surface area contributed by atoms with E-state index >= 15 is 0 Å². The third-order valence-electron chi connectivity index (χ3n) is 14.4. The number of aryl methyl sites for hydroxylation is 4. The van der Waals surface area contributed by atoms with Crippen molar-refractivity contribution in [2.45, 2.75) is 33.1 Å². The maximum absolute atomic E-state index is 7.39. The van der Waals surface area contributed by atoms with Gasteiger partial charge in [-0.3, -0.25) is 4.90 Å². The maximum Gasteiger partial charge on any atom is 0.145 e. The Balaban J connectivity index is 1.26. The summed E-state index contributed by atoms with van der Waals surface area (Å²) in [7, 11) is 0. The molecule has 66 heavy (non-hydrogen) atoms. The Kier molecular flexibility index (Phi) is 8.35. The van der Waals surface area contributed by atoms with Crippen LogP contribution in [-0.4, -0.2) is 4.98 Å². The zero-order chi connectivity index (χ0) is 44.3. The number of pyridine rings is 1. The molecule has 9 aromatic carbocycles. The number of furan rings is 1. The Morgan fingerprint density at radius 3 is 1.50 bits per heavy atom. The predicted molar refractivity (Wildman–Crippen MR) is 274 cm³/mol. The van der Waals surface area contributed by atoms with E-state index in [0.717, 1.165) is 72.9 Å². The molecule has 2 aliphatic carbocycles. The second kappa shape index (κ2) is 14.4. The minimum Gasteiger partial charge on any atom is -0.455 e. The zero-order valence-electron chi connectivity index (χ0n) is 37.3. The highest BCUT2D eigenvalue weighted by Crippen LogP contribution is 2.67. The van der Waals surface area contributed by atoms with Crippen molar-refractivity contribution in [3.63, 3.8) is 0 Å². The number of aromatic nitrogens is 1. The summed E-state index contributed by atoms with van der Waals surface area (Å²) in [4.78, 5) is 10.1. The fourth-order valence-corrected chi connectivity index (χ4v) is 11.6. The van der Waals surface area contributed by atoms with Crippen LogP contribution in [0.4, 0.5) is 34.3 Å². The van der Waals surface area contributed by atoms with E-state index in [-0.39, 0.29) is 0 Å². The van der Waals surface area contributed by atoms with Gasteiger partial charge >= 0.3 is 0 Å². The van der Waals surface area contributed by atoms with Gasteiger partial charge in [-0.15, -0.1) is 0 Å². The molecule has 0 saturated carbocycles. The van der Waals surface area contributed by atoms with E-state index < -0.39 is 5.41 Å².